The van der Waals surface area contributed by atoms with Gasteiger partial charge in [0.05, 0.1) is 7.57 Å². The van der Waals surface area contributed by atoms with Crippen LogP contribution in [0.25, 0.3) is 0 Å². The molecule has 4 unspecified atom stereocenters. The van der Waals surface area contributed by atoms with Crippen molar-refractivity contribution in [2.75, 3.05) is 7.05 Å². The second-order valence-electron chi connectivity index (χ2n) is 6.42. The molecule has 0 bridgehead atoms. The maximum absolute atomic E-state index is 3.74. The van der Waals surface area contributed by atoms with Crippen LogP contribution < -0.4 is 5.32 Å². The number of halogens is 2. The molecular formula is C16H23Br2NS. The van der Waals surface area contributed by atoms with E-state index >= 15 is 0 Å². The maximum atomic E-state index is 3.74. The molecule has 1 nitrogen and oxygen atoms in total. The van der Waals surface area contributed by atoms with Gasteiger partial charge in [0.25, 0.3) is 0 Å². The first-order valence-corrected chi connectivity index (χ1v) is 10.2. The fourth-order valence-electron chi connectivity index (χ4n) is 4.42. The van der Waals surface area contributed by atoms with Gasteiger partial charge < -0.3 is 5.32 Å². The first kappa shape index (κ1) is 15.5. The number of hydrogen-bond acceptors (Lipinski definition) is 2. The minimum Gasteiger partial charge on any atom is -0.313 e. The fraction of sp³-hybridized carbons (Fsp3) is 0.750. The summed E-state index contributed by atoms with van der Waals surface area (Å²) in [4.78, 5) is 0. The molecule has 0 spiro atoms. The van der Waals surface area contributed by atoms with Gasteiger partial charge in [-0.15, -0.1) is 11.3 Å². The van der Waals surface area contributed by atoms with Crippen LogP contribution in [0.5, 0.6) is 0 Å². The van der Waals surface area contributed by atoms with Crippen LogP contribution in [0.1, 0.15) is 56.6 Å². The predicted molar refractivity (Wildman–Crippen MR) is 94.3 cm³/mol. The smallest absolute Gasteiger partial charge is 0.0758 e. The van der Waals surface area contributed by atoms with E-state index in [1.165, 1.54) is 58.1 Å². The molecule has 2 saturated carbocycles. The molecule has 1 aromatic rings. The average Bonchev–Trinajstić information content (AvgIpc) is 2.78. The first-order valence-electron chi connectivity index (χ1n) is 7.81. The van der Waals surface area contributed by atoms with Gasteiger partial charge in [0.2, 0.25) is 0 Å². The summed E-state index contributed by atoms with van der Waals surface area (Å²) in [6.45, 7) is 0. The van der Waals surface area contributed by atoms with Crippen LogP contribution in [0.4, 0.5) is 0 Å². The Kier molecular flexibility index (Phi) is 5.28. The highest BCUT2D eigenvalue weighted by Crippen LogP contribution is 2.48. The summed E-state index contributed by atoms with van der Waals surface area (Å²) in [5.74, 6) is 2.84. The number of thiophene rings is 1. The molecular weight excluding hydrogens is 398 g/mol. The lowest BCUT2D eigenvalue weighted by molar-refractivity contribution is 0.111. The highest BCUT2D eigenvalue weighted by atomic mass is 79.9. The van der Waals surface area contributed by atoms with Crippen LogP contribution in [0, 0.1) is 17.8 Å². The minimum atomic E-state index is 0.509. The van der Waals surface area contributed by atoms with Gasteiger partial charge in [0.1, 0.15) is 0 Å². The molecule has 20 heavy (non-hydrogen) atoms. The van der Waals surface area contributed by atoms with Crippen molar-refractivity contribution in [1.82, 2.24) is 5.32 Å². The molecule has 0 radical (unpaired) electrons. The molecule has 2 aliphatic carbocycles. The Hall–Kier alpha value is 0.620. The maximum Gasteiger partial charge on any atom is 0.0758 e. The third-order valence-electron chi connectivity index (χ3n) is 5.38. The fourth-order valence-corrected chi connectivity index (χ4v) is 7.35. The zero-order chi connectivity index (χ0) is 14.1. The van der Waals surface area contributed by atoms with E-state index in [9.17, 15) is 0 Å². The van der Waals surface area contributed by atoms with Crippen LogP contribution in [-0.4, -0.2) is 7.05 Å². The van der Waals surface area contributed by atoms with Gasteiger partial charge in [-0.1, -0.05) is 25.7 Å². The number of hydrogen-bond donors (Lipinski definition) is 1. The number of rotatable bonds is 3. The molecule has 0 amide bonds. The summed E-state index contributed by atoms with van der Waals surface area (Å²) >= 11 is 9.16. The summed E-state index contributed by atoms with van der Waals surface area (Å²) in [6, 6.07) is 2.80. The van der Waals surface area contributed by atoms with Gasteiger partial charge in [-0.05, 0) is 87.6 Å². The van der Waals surface area contributed by atoms with Crippen LogP contribution >= 0.6 is 43.2 Å². The average molecular weight is 421 g/mol. The zero-order valence-corrected chi connectivity index (χ0v) is 16.0. The van der Waals surface area contributed by atoms with Crippen molar-refractivity contribution in [2.24, 2.45) is 17.8 Å². The van der Waals surface area contributed by atoms with E-state index in [0.717, 1.165) is 17.8 Å². The molecule has 0 saturated heterocycles. The Morgan fingerprint density at radius 2 is 1.90 bits per heavy atom. The van der Waals surface area contributed by atoms with Crippen LogP contribution in [0.2, 0.25) is 0 Å². The molecule has 0 aliphatic heterocycles. The van der Waals surface area contributed by atoms with Crippen LogP contribution in [-0.2, 0) is 0 Å². The standard InChI is InChI=1S/C16H23Br2NS/c1-19-15(13-9-14(17)20-16(13)18)12-7-6-10-4-2-3-5-11(10)8-12/h9-12,15,19H,2-8H2,1H3. The topological polar surface area (TPSA) is 12.0 Å². The van der Waals surface area contributed by atoms with Crippen molar-refractivity contribution in [2.45, 2.75) is 51.0 Å². The largest absolute Gasteiger partial charge is 0.313 e. The van der Waals surface area contributed by atoms with Crippen molar-refractivity contribution in [3.05, 3.63) is 19.2 Å². The van der Waals surface area contributed by atoms with Gasteiger partial charge in [-0.2, -0.15) is 0 Å². The van der Waals surface area contributed by atoms with Crippen LogP contribution in [0.15, 0.2) is 13.6 Å². The molecule has 2 fully saturated rings. The molecule has 1 aromatic heterocycles. The third kappa shape index (κ3) is 3.18. The predicted octanol–water partition coefficient (Wildman–Crippen LogP) is 6.14. The van der Waals surface area contributed by atoms with Gasteiger partial charge in [-0.25, -0.2) is 0 Å². The summed E-state index contributed by atoms with van der Waals surface area (Å²) in [6.07, 6.45) is 10.2. The van der Waals surface area contributed by atoms with Crippen molar-refractivity contribution < 1.29 is 0 Å². The molecule has 4 atom stereocenters. The highest BCUT2D eigenvalue weighted by Gasteiger charge is 2.36. The van der Waals surface area contributed by atoms with Crippen molar-refractivity contribution in [3.8, 4) is 0 Å². The molecule has 4 heteroatoms. The van der Waals surface area contributed by atoms with Gasteiger partial charge >= 0.3 is 0 Å². The van der Waals surface area contributed by atoms with Crippen molar-refractivity contribution >= 4 is 43.2 Å². The molecule has 2 aliphatic rings. The van der Waals surface area contributed by atoms with E-state index in [1.807, 2.05) is 0 Å². The normalized spacial score (nSPS) is 31.9. The number of fused-ring (bicyclic) bond motifs is 1. The Bertz CT molecular complexity index is 459. The van der Waals surface area contributed by atoms with E-state index in [4.69, 9.17) is 0 Å². The Balaban J connectivity index is 1.75. The minimum absolute atomic E-state index is 0.509. The lowest BCUT2D eigenvalue weighted by Crippen LogP contribution is -2.34. The van der Waals surface area contributed by atoms with E-state index in [0.29, 0.717) is 6.04 Å². The monoisotopic (exact) mass is 419 g/mol. The molecule has 0 aromatic carbocycles. The summed E-state index contributed by atoms with van der Waals surface area (Å²) in [7, 11) is 2.12. The first-order chi connectivity index (χ1) is 9.69. The van der Waals surface area contributed by atoms with Crippen molar-refractivity contribution in [1.29, 1.82) is 0 Å². The number of nitrogens with one attached hydrogen (secondary N) is 1. The van der Waals surface area contributed by atoms with E-state index in [2.05, 4.69) is 50.3 Å². The van der Waals surface area contributed by atoms with E-state index < -0.39 is 0 Å². The lowest BCUT2D eigenvalue weighted by Gasteiger charge is -2.42. The molecule has 1 N–H and O–H groups in total. The Labute approximate surface area is 143 Å². The third-order valence-corrected chi connectivity index (χ3v) is 7.77. The van der Waals surface area contributed by atoms with Gasteiger partial charge in [-0.3, -0.25) is 0 Å². The van der Waals surface area contributed by atoms with E-state index in [1.54, 1.807) is 11.3 Å². The Morgan fingerprint density at radius 1 is 1.15 bits per heavy atom. The second-order valence-corrected chi connectivity index (χ2v) is 10.2. The Morgan fingerprint density at radius 3 is 2.55 bits per heavy atom. The molecule has 112 valence electrons. The quantitative estimate of drug-likeness (QED) is 0.618. The highest BCUT2D eigenvalue weighted by molar-refractivity contribution is 9.12. The van der Waals surface area contributed by atoms with Crippen LogP contribution in [0.3, 0.4) is 0 Å². The molecule has 1 heterocycles. The van der Waals surface area contributed by atoms with Gasteiger partial charge in [0.15, 0.2) is 0 Å². The summed E-state index contributed by atoms with van der Waals surface area (Å²) in [5.41, 5.74) is 1.45. The second kappa shape index (κ2) is 6.80. The van der Waals surface area contributed by atoms with Gasteiger partial charge in [0, 0.05) is 6.04 Å². The molecule has 3 rings (SSSR count). The van der Waals surface area contributed by atoms with Crippen molar-refractivity contribution in [3.63, 3.8) is 0 Å². The van der Waals surface area contributed by atoms with E-state index in [-0.39, 0.29) is 0 Å². The lowest BCUT2D eigenvalue weighted by atomic mass is 9.65. The zero-order valence-electron chi connectivity index (χ0n) is 12.0. The summed E-state index contributed by atoms with van der Waals surface area (Å²) < 4.78 is 2.51. The summed E-state index contributed by atoms with van der Waals surface area (Å²) in [5, 5.41) is 3.59. The SMILES string of the molecule is CNC(c1cc(Br)sc1Br)C1CCC2CCCCC2C1.